The molecular weight excluding hydrogens is 262 g/mol. The molecule has 1 aliphatic carbocycles. The third-order valence-corrected chi connectivity index (χ3v) is 4.35. The summed E-state index contributed by atoms with van der Waals surface area (Å²) in [5.41, 5.74) is 3.42. The van der Waals surface area contributed by atoms with Crippen molar-refractivity contribution < 1.29 is 9.53 Å². The van der Waals surface area contributed by atoms with Crippen molar-refractivity contribution >= 4 is 5.78 Å². The molecule has 1 saturated carbocycles. The average Bonchev–Trinajstić information content (AvgIpc) is 3.09. The molecule has 1 fully saturated rings. The van der Waals surface area contributed by atoms with Gasteiger partial charge in [0.15, 0.2) is 5.78 Å². The van der Waals surface area contributed by atoms with E-state index in [1.165, 1.54) is 11.1 Å². The molecule has 0 amide bonds. The van der Waals surface area contributed by atoms with Crippen LogP contribution in [0, 0.1) is 12.8 Å². The van der Waals surface area contributed by atoms with Gasteiger partial charge in [0.2, 0.25) is 0 Å². The molecule has 0 bridgehead atoms. The van der Waals surface area contributed by atoms with E-state index in [1.807, 2.05) is 18.5 Å². The maximum absolute atomic E-state index is 12.0. The molecule has 108 valence electrons. The third kappa shape index (κ3) is 2.48. The standard InChI is InChI=1S/C18H19NO2/c1-12-2-5-17-15(8-12)9-16(21-17)11-19-7-6-14(10-19)18(20)13-3-4-13/h2,5-8,10,13,16H,3-4,9,11H2,1H3. The van der Waals surface area contributed by atoms with Gasteiger partial charge in [0.25, 0.3) is 0 Å². The van der Waals surface area contributed by atoms with E-state index >= 15 is 0 Å². The van der Waals surface area contributed by atoms with E-state index in [0.29, 0.717) is 5.78 Å². The van der Waals surface area contributed by atoms with Gasteiger partial charge in [-0.25, -0.2) is 0 Å². The van der Waals surface area contributed by atoms with E-state index in [2.05, 4.69) is 29.7 Å². The molecule has 2 aliphatic rings. The summed E-state index contributed by atoms with van der Waals surface area (Å²) in [7, 11) is 0. The van der Waals surface area contributed by atoms with Crippen molar-refractivity contribution in [2.45, 2.75) is 38.8 Å². The van der Waals surface area contributed by atoms with E-state index in [0.717, 1.165) is 37.1 Å². The maximum Gasteiger partial charge on any atom is 0.167 e. The summed E-state index contributed by atoms with van der Waals surface area (Å²) >= 11 is 0. The van der Waals surface area contributed by atoms with Crippen LogP contribution in [0.1, 0.15) is 34.3 Å². The first kappa shape index (κ1) is 12.7. The van der Waals surface area contributed by atoms with Gasteiger partial charge in [-0.2, -0.15) is 0 Å². The van der Waals surface area contributed by atoms with Crippen LogP contribution in [0.25, 0.3) is 0 Å². The first-order valence-corrected chi connectivity index (χ1v) is 7.65. The molecule has 2 aromatic rings. The van der Waals surface area contributed by atoms with Crippen LogP contribution in [0.2, 0.25) is 0 Å². The lowest BCUT2D eigenvalue weighted by Crippen LogP contribution is -2.19. The quantitative estimate of drug-likeness (QED) is 0.804. The summed E-state index contributed by atoms with van der Waals surface area (Å²) in [4.78, 5) is 12.0. The molecule has 1 aliphatic heterocycles. The van der Waals surface area contributed by atoms with Gasteiger partial charge in [0.1, 0.15) is 11.9 Å². The van der Waals surface area contributed by atoms with Gasteiger partial charge in [-0.1, -0.05) is 17.7 Å². The zero-order valence-electron chi connectivity index (χ0n) is 12.2. The minimum absolute atomic E-state index is 0.165. The van der Waals surface area contributed by atoms with Crippen molar-refractivity contribution in [2.24, 2.45) is 5.92 Å². The number of ketones is 1. The Morgan fingerprint density at radius 1 is 1.33 bits per heavy atom. The summed E-state index contributed by atoms with van der Waals surface area (Å²) in [5.74, 6) is 1.60. The Morgan fingerprint density at radius 2 is 2.19 bits per heavy atom. The minimum Gasteiger partial charge on any atom is -0.488 e. The van der Waals surface area contributed by atoms with Gasteiger partial charge in [0.05, 0.1) is 6.54 Å². The number of ether oxygens (including phenoxy) is 1. The number of fused-ring (bicyclic) bond motifs is 1. The molecule has 1 atom stereocenters. The predicted octanol–water partition coefficient (Wildman–Crippen LogP) is 3.39. The van der Waals surface area contributed by atoms with Crippen molar-refractivity contribution in [3.8, 4) is 5.75 Å². The van der Waals surface area contributed by atoms with Crippen LogP contribution in [0.4, 0.5) is 0 Å². The molecule has 4 rings (SSSR count). The molecule has 0 saturated heterocycles. The Morgan fingerprint density at radius 3 is 3.00 bits per heavy atom. The number of carbonyl (C=O) groups is 1. The van der Waals surface area contributed by atoms with E-state index < -0.39 is 0 Å². The van der Waals surface area contributed by atoms with Gasteiger partial charge in [-0.05, 0) is 37.5 Å². The largest absolute Gasteiger partial charge is 0.488 e. The van der Waals surface area contributed by atoms with Gasteiger partial charge in [0, 0.05) is 30.3 Å². The van der Waals surface area contributed by atoms with Crippen molar-refractivity contribution in [3.63, 3.8) is 0 Å². The Bertz CT molecular complexity index is 697. The number of rotatable bonds is 4. The molecule has 3 nitrogen and oxygen atoms in total. The Balaban J connectivity index is 1.44. The summed E-state index contributed by atoms with van der Waals surface area (Å²) in [6.07, 6.45) is 7.19. The van der Waals surface area contributed by atoms with E-state index in [-0.39, 0.29) is 12.0 Å². The fourth-order valence-electron chi connectivity index (χ4n) is 3.07. The number of aromatic nitrogens is 1. The second kappa shape index (κ2) is 4.76. The molecule has 1 aromatic carbocycles. The maximum atomic E-state index is 12.0. The zero-order chi connectivity index (χ0) is 14.4. The molecule has 1 aromatic heterocycles. The number of Topliss-reactive ketones (excluding diaryl/α,β-unsaturated/α-hetero) is 1. The lowest BCUT2D eigenvalue weighted by molar-refractivity contribution is 0.0967. The Labute approximate surface area is 124 Å². The highest BCUT2D eigenvalue weighted by Crippen LogP contribution is 2.33. The third-order valence-electron chi connectivity index (χ3n) is 4.35. The summed E-state index contributed by atoms with van der Waals surface area (Å²) in [6.45, 7) is 2.90. The minimum atomic E-state index is 0.165. The predicted molar refractivity (Wildman–Crippen MR) is 80.8 cm³/mol. The van der Waals surface area contributed by atoms with Crippen molar-refractivity contribution in [1.29, 1.82) is 0 Å². The monoisotopic (exact) mass is 281 g/mol. The first-order valence-electron chi connectivity index (χ1n) is 7.65. The summed E-state index contributed by atoms with van der Waals surface area (Å²) in [6, 6.07) is 8.28. The SMILES string of the molecule is Cc1ccc2c(c1)CC(Cn1ccc(C(=O)C3CC3)c1)O2. The highest BCUT2D eigenvalue weighted by atomic mass is 16.5. The Kier molecular flexibility index (Phi) is 2.88. The molecule has 21 heavy (non-hydrogen) atoms. The lowest BCUT2D eigenvalue weighted by Gasteiger charge is -2.11. The Hall–Kier alpha value is -2.03. The molecule has 3 heteroatoms. The van der Waals surface area contributed by atoms with Crippen LogP contribution in [0.15, 0.2) is 36.7 Å². The first-order chi connectivity index (χ1) is 10.2. The van der Waals surface area contributed by atoms with Crippen molar-refractivity contribution in [2.75, 3.05) is 0 Å². The van der Waals surface area contributed by atoms with E-state index in [9.17, 15) is 4.79 Å². The molecule has 0 radical (unpaired) electrons. The molecule has 1 unspecified atom stereocenters. The molecule has 2 heterocycles. The fourth-order valence-corrected chi connectivity index (χ4v) is 3.07. The normalized spacial score (nSPS) is 20.1. The molecular formula is C18H19NO2. The van der Waals surface area contributed by atoms with Crippen LogP contribution < -0.4 is 4.74 Å². The lowest BCUT2D eigenvalue weighted by atomic mass is 10.1. The van der Waals surface area contributed by atoms with Gasteiger partial charge >= 0.3 is 0 Å². The van der Waals surface area contributed by atoms with Crippen LogP contribution >= 0.6 is 0 Å². The molecule has 0 spiro atoms. The van der Waals surface area contributed by atoms with Gasteiger partial charge in [-0.15, -0.1) is 0 Å². The smallest absolute Gasteiger partial charge is 0.167 e. The van der Waals surface area contributed by atoms with Crippen molar-refractivity contribution in [1.82, 2.24) is 4.57 Å². The van der Waals surface area contributed by atoms with Crippen LogP contribution in [0.3, 0.4) is 0 Å². The molecule has 0 N–H and O–H groups in total. The topological polar surface area (TPSA) is 31.2 Å². The van der Waals surface area contributed by atoms with Crippen LogP contribution in [0.5, 0.6) is 5.75 Å². The highest BCUT2D eigenvalue weighted by molar-refractivity contribution is 5.99. The van der Waals surface area contributed by atoms with Crippen molar-refractivity contribution in [3.05, 3.63) is 53.3 Å². The summed E-state index contributed by atoms with van der Waals surface area (Å²) < 4.78 is 8.07. The summed E-state index contributed by atoms with van der Waals surface area (Å²) in [5, 5.41) is 0. The number of aryl methyl sites for hydroxylation is 1. The zero-order valence-corrected chi connectivity index (χ0v) is 12.2. The average molecular weight is 281 g/mol. The number of carbonyl (C=O) groups excluding carboxylic acids is 1. The second-order valence-corrected chi connectivity index (χ2v) is 6.29. The fraction of sp³-hybridized carbons (Fsp3) is 0.389. The highest BCUT2D eigenvalue weighted by Gasteiger charge is 2.31. The van der Waals surface area contributed by atoms with Gasteiger partial charge < -0.3 is 9.30 Å². The van der Waals surface area contributed by atoms with Crippen LogP contribution in [-0.4, -0.2) is 16.5 Å². The number of hydrogen-bond acceptors (Lipinski definition) is 2. The number of nitrogens with zero attached hydrogens (tertiary/aromatic N) is 1. The van der Waals surface area contributed by atoms with Crippen LogP contribution in [-0.2, 0) is 13.0 Å². The van der Waals surface area contributed by atoms with E-state index in [1.54, 1.807) is 0 Å². The number of benzene rings is 1. The van der Waals surface area contributed by atoms with Gasteiger partial charge in [-0.3, -0.25) is 4.79 Å². The second-order valence-electron chi connectivity index (χ2n) is 6.29. The van der Waals surface area contributed by atoms with E-state index in [4.69, 9.17) is 4.74 Å². The number of hydrogen-bond donors (Lipinski definition) is 0.